The van der Waals surface area contributed by atoms with Crippen LogP contribution in [0, 0.1) is 0 Å². The highest BCUT2D eigenvalue weighted by molar-refractivity contribution is 7.19. The van der Waals surface area contributed by atoms with Crippen LogP contribution in [-0.2, 0) is 6.42 Å². The number of hydrogen-bond donors (Lipinski definition) is 0. The van der Waals surface area contributed by atoms with Crippen LogP contribution in [0.3, 0.4) is 0 Å². The minimum Gasteiger partial charge on any atom is -0.296 e. The molecule has 1 atom stereocenters. The monoisotopic (exact) mass is 307 g/mol. The maximum Gasteiger partial charge on any atom is 0.0444 e. The highest BCUT2D eigenvalue weighted by Crippen LogP contribution is 2.44. The molecular formula is C17H22ClNS. The average molecular weight is 308 g/mol. The number of hydrogen-bond acceptors (Lipinski definition) is 2. The molecule has 3 heteroatoms. The van der Waals surface area contributed by atoms with Gasteiger partial charge in [-0.15, -0.1) is 23.7 Å². The van der Waals surface area contributed by atoms with Crippen LogP contribution in [0.4, 0.5) is 0 Å². The lowest BCUT2D eigenvalue weighted by atomic mass is 9.90. The Balaban J connectivity index is 0.00000121. The quantitative estimate of drug-likeness (QED) is 0.701. The molecule has 0 amide bonds. The van der Waals surface area contributed by atoms with Gasteiger partial charge in [0.25, 0.3) is 0 Å². The van der Waals surface area contributed by atoms with Crippen molar-refractivity contribution < 1.29 is 0 Å². The first-order valence-electron chi connectivity index (χ1n) is 7.68. The van der Waals surface area contributed by atoms with Gasteiger partial charge in [0.05, 0.1) is 0 Å². The molecule has 0 bridgehead atoms. The third-order valence-corrected chi connectivity index (χ3v) is 6.08. The van der Waals surface area contributed by atoms with Crippen molar-refractivity contribution in [3.05, 3.63) is 34.7 Å². The summed E-state index contributed by atoms with van der Waals surface area (Å²) in [6.07, 6.45) is 8.27. The Morgan fingerprint density at radius 3 is 2.65 bits per heavy atom. The van der Waals surface area contributed by atoms with Crippen LogP contribution in [0.15, 0.2) is 24.3 Å². The van der Waals surface area contributed by atoms with Crippen molar-refractivity contribution in [1.82, 2.24) is 4.90 Å². The van der Waals surface area contributed by atoms with Gasteiger partial charge in [-0.3, -0.25) is 4.90 Å². The number of fused-ring (bicyclic) bond motifs is 3. The number of thiophene rings is 1. The minimum absolute atomic E-state index is 0. The molecule has 1 aromatic carbocycles. The summed E-state index contributed by atoms with van der Waals surface area (Å²) in [6, 6.07) is 9.72. The molecule has 0 radical (unpaired) electrons. The highest BCUT2D eigenvalue weighted by atomic mass is 35.5. The Hall–Kier alpha value is -0.570. The summed E-state index contributed by atoms with van der Waals surface area (Å²) in [4.78, 5) is 4.45. The zero-order valence-corrected chi connectivity index (χ0v) is 13.4. The fourth-order valence-electron chi connectivity index (χ4n) is 3.83. The van der Waals surface area contributed by atoms with Crippen LogP contribution in [0.5, 0.6) is 0 Å². The largest absolute Gasteiger partial charge is 0.296 e. The van der Waals surface area contributed by atoms with Gasteiger partial charge in [0, 0.05) is 15.6 Å². The van der Waals surface area contributed by atoms with Crippen LogP contribution < -0.4 is 0 Å². The second kappa shape index (κ2) is 6.05. The molecule has 1 unspecified atom stereocenters. The fraction of sp³-hybridized carbons (Fsp3) is 0.529. The third kappa shape index (κ3) is 2.38. The molecule has 1 saturated heterocycles. The number of nitrogens with zero attached hydrogens (tertiary/aromatic N) is 1. The molecule has 2 heterocycles. The number of benzene rings is 1. The van der Waals surface area contributed by atoms with Gasteiger partial charge in [-0.1, -0.05) is 24.6 Å². The molecule has 4 rings (SSSR count). The first-order chi connectivity index (χ1) is 9.43. The van der Waals surface area contributed by atoms with Crippen molar-refractivity contribution >= 4 is 33.8 Å². The van der Waals surface area contributed by atoms with Crippen molar-refractivity contribution in [3.63, 3.8) is 0 Å². The van der Waals surface area contributed by atoms with E-state index in [9.17, 15) is 0 Å². The molecule has 0 spiro atoms. The Labute approximate surface area is 131 Å². The minimum atomic E-state index is 0. The maximum absolute atomic E-state index is 2.76. The molecule has 1 aliphatic carbocycles. The number of likely N-dealkylation sites (tertiary alicyclic amines) is 1. The molecule has 0 saturated carbocycles. The van der Waals surface area contributed by atoms with Gasteiger partial charge >= 0.3 is 0 Å². The lowest BCUT2D eigenvalue weighted by Crippen LogP contribution is -2.34. The van der Waals surface area contributed by atoms with Crippen molar-refractivity contribution in [2.24, 2.45) is 0 Å². The lowest BCUT2D eigenvalue weighted by Gasteiger charge is -2.36. The second-order valence-electron chi connectivity index (χ2n) is 5.95. The highest BCUT2D eigenvalue weighted by Gasteiger charge is 2.29. The van der Waals surface area contributed by atoms with Crippen molar-refractivity contribution in [2.45, 2.75) is 44.6 Å². The Morgan fingerprint density at radius 2 is 1.80 bits per heavy atom. The van der Waals surface area contributed by atoms with Crippen molar-refractivity contribution in [1.29, 1.82) is 0 Å². The molecule has 0 N–H and O–H groups in total. The maximum atomic E-state index is 2.76. The zero-order valence-electron chi connectivity index (χ0n) is 11.8. The molecule has 20 heavy (non-hydrogen) atoms. The predicted molar refractivity (Wildman–Crippen MR) is 90.2 cm³/mol. The van der Waals surface area contributed by atoms with E-state index in [1.54, 1.807) is 10.4 Å². The van der Waals surface area contributed by atoms with Crippen LogP contribution in [0.25, 0.3) is 10.1 Å². The SMILES string of the molecule is Cl.c1ccc2c3c(sc2c1)C(N1CCCCC1)CCC3. The normalized spacial score (nSPS) is 23.3. The molecule has 1 nitrogen and oxygen atoms in total. The van der Waals surface area contributed by atoms with Gasteiger partial charge in [0.15, 0.2) is 0 Å². The van der Waals surface area contributed by atoms with E-state index >= 15 is 0 Å². The molecular weight excluding hydrogens is 286 g/mol. The van der Waals surface area contributed by atoms with Gasteiger partial charge < -0.3 is 0 Å². The first kappa shape index (κ1) is 14.4. The van der Waals surface area contributed by atoms with E-state index in [1.807, 2.05) is 0 Å². The summed E-state index contributed by atoms with van der Waals surface area (Å²) in [7, 11) is 0. The van der Waals surface area contributed by atoms with Gasteiger partial charge in [-0.25, -0.2) is 0 Å². The van der Waals surface area contributed by atoms with Crippen LogP contribution in [0.1, 0.15) is 48.6 Å². The predicted octanol–water partition coefficient (Wildman–Crippen LogP) is 5.19. The van der Waals surface area contributed by atoms with Gasteiger partial charge in [0.2, 0.25) is 0 Å². The molecule has 2 aromatic rings. The van der Waals surface area contributed by atoms with Gasteiger partial charge in [-0.05, 0) is 62.2 Å². The van der Waals surface area contributed by atoms with E-state index in [2.05, 4.69) is 40.5 Å². The Kier molecular flexibility index (Phi) is 4.34. The number of rotatable bonds is 1. The first-order valence-corrected chi connectivity index (χ1v) is 8.49. The van der Waals surface area contributed by atoms with E-state index in [1.165, 1.54) is 61.7 Å². The summed E-state index contributed by atoms with van der Waals surface area (Å²) in [5, 5.41) is 1.53. The summed E-state index contributed by atoms with van der Waals surface area (Å²) < 4.78 is 1.50. The standard InChI is InChI=1S/C17H21NS.ClH/c1-4-11-18(12-5-1)15-9-6-8-14-13-7-2-3-10-16(13)19-17(14)15;/h2-3,7,10,15H,1,4-6,8-9,11-12H2;1H. The van der Waals surface area contributed by atoms with Crippen LogP contribution in [-0.4, -0.2) is 18.0 Å². The van der Waals surface area contributed by atoms with E-state index in [-0.39, 0.29) is 12.4 Å². The van der Waals surface area contributed by atoms with E-state index in [0.717, 1.165) is 6.04 Å². The molecule has 1 aromatic heterocycles. The van der Waals surface area contributed by atoms with E-state index in [0.29, 0.717) is 0 Å². The second-order valence-corrected chi connectivity index (χ2v) is 7.03. The Bertz CT molecular complexity index is 586. The van der Waals surface area contributed by atoms with Crippen LogP contribution >= 0.6 is 23.7 Å². The molecule has 108 valence electrons. The topological polar surface area (TPSA) is 3.24 Å². The number of halogens is 1. The summed E-state index contributed by atoms with van der Waals surface area (Å²) >= 11 is 2.06. The van der Waals surface area contributed by atoms with Gasteiger partial charge in [0.1, 0.15) is 0 Å². The fourth-order valence-corrected chi connectivity index (χ4v) is 5.25. The number of aryl methyl sites for hydroxylation is 1. The molecule has 1 fully saturated rings. The Morgan fingerprint density at radius 1 is 1.00 bits per heavy atom. The van der Waals surface area contributed by atoms with E-state index < -0.39 is 0 Å². The summed E-state index contributed by atoms with van der Waals surface area (Å²) in [6.45, 7) is 2.64. The van der Waals surface area contributed by atoms with Crippen molar-refractivity contribution in [2.75, 3.05) is 13.1 Å². The lowest BCUT2D eigenvalue weighted by molar-refractivity contribution is 0.151. The van der Waals surface area contributed by atoms with Gasteiger partial charge in [-0.2, -0.15) is 0 Å². The van der Waals surface area contributed by atoms with Crippen LogP contribution in [0.2, 0.25) is 0 Å². The number of piperidine rings is 1. The summed E-state index contributed by atoms with van der Waals surface area (Å²) in [5.41, 5.74) is 1.67. The van der Waals surface area contributed by atoms with Crippen molar-refractivity contribution in [3.8, 4) is 0 Å². The smallest absolute Gasteiger partial charge is 0.0444 e. The molecule has 2 aliphatic rings. The summed E-state index contributed by atoms with van der Waals surface area (Å²) in [5.74, 6) is 0. The van der Waals surface area contributed by atoms with E-state index in [4.69, 9.17) is 0 Å². The molecule has 1 aliphatic heterocycles. The zero-order chi connectivity index (χ0) is 12.7. The third-order valence-electron chi connectivity index (χ3n) is 4.77. The average Bonchev–Trinajstić information content (AvgIpc) is 2.87.